The van der Waals surface area contributed by atoms with Gasteiger partial charge in [0.1, 0.15) is 5.82 Å². The fourth-order valence-corrected chi connectivity index (χ4v) is 2.88. The molecule has 3 heterocycles. The van der Waals surface area contributed by atoms with Crippen LogP contribution in [0.1, 0.15) is 5.56 Å². The Balaban J connectivity index is 1.74. The third-order valence-corrected chi connectivity index (χ3v) is 4.23. The predicted octanol–water partition coefficient (Wildman–Crippen LogP) is 2.99. The Labute approximate surface area is 157 Å². The monoisotopic (exact) mass is 358 g/mol. The van der Waals surface area contributed by atoms with Crippen molar-refractivity contribution in [2.75, 3.05) is 36.5 Å². The molecule has 1 fully saturated rings. The molecule has 1 aliphatic heterocycles. The molecule has 4 rings (SSSR count). The summed E-state index contributed by atoms with van der Waals surface area (Å²) in [6.07, 6.45) is 3.47. The van der Waals surface area contributed by atoms with Crippen LogP contribution in [0.25, 0.3) is 11.3 Å². The summed E-state index contributed by atoms with van der Waals surface area (Å²) < 4.78 is 5.44. The molecule has 0 atom stereocenters. The number of anilines is 3. The number of rotatable bonds is 4. The number of nitrogens with one attached hydrogen (secondary N) is 1. The lowest BCUT2D eigenvalue weighted by Gasteiger charge is -2.27. The normalized spacial score (nSPS) is 13.8. The average Bonchev–Trinajstić information content (AvgIpc) is 2.75. The van der Waals surface area contributed by atoms with Gasteiger partial charge in [-0.05, 0) is 24.3 Å². The summed E-state index contributed by atoms with van der Waals surface area (Å²) in [6, 6.07) is 15.3. The minimum Gasteiger partial charge on any atom is -0.378 e. The molecular formula is C20H18N6O. The van der Waals surface area contributed by atoms with Gasteiger partial charge < -0.3 is 15.0 Å². The van der Waals surface area contributed by atoms with Gasteiger partial charge in [0, 0.05) is 30.9 Å². The Hall–Kier alpha value is -3.50. The molecule has 0 saturated carbocycles. The van der Waals surface area contributed by atoms with Gasteiger partial charge >= 0.3 is 0 Å². The zero-order valence-electron chi connectivity index (χ0n) is 14.7. The van der Waals surface area contributed by atoms with Crippen LogP contribution in [0.15, 0.2) is 54.9 Å². The van der Waals surface area contributed by atoms with Crippen molar-refractivity contribution >= 4 is 17.5 Å². The van der Waals surface area contributed by atoms with Crippen molar-refractivity contribution < 1.29 is 4.74 Å². The first kappa shape index (κ1) is 16.9. The molecule has 27 heavy (non-hydrogen) atoms. The van der Waals surface area contributed by atoms with E-state index in [0.29, 0.717) is 30.5 Å². The van der Waals surface area contributed by atoms with Crippen LogP contribution in [0.5, 0.6) is 0 Å². The van der Waals surface area contributed by atoms with Crippen molar-refractivity contribution in [3.63, 3.8) is 0 Å². The third kappa shape index (κ3) is 4.02. The first-order valence-electron chi connectivity index (χ1n) is 8.71. The van der Waals surface area contributed by atoms with Gasteiger partial charge in [-0.25, -0.2) is 4.98 Å². The molecule has 2 aromatic heterocycles. The zero-order valence-corrected chi connectivity index (χ0v) is 14.7. The van der Waals surface area contributed by atoms with E-state index in [0.717, 1.165) is 30.0 Å². The number of morpholine rings is 1. The molecule has 7 nitrogen and oxygen atoms in total. The van der Waals surface area contributed by atoms with Gasteiger partial charge in [0.25, 0.3) is 0 Å². The van der Waals surface area contributed by atoms with Crippen molar-refractivity contribution in [1.82, 2.24) is 15.0 Å². The van der Waals surface area contributed by atoms with Crippen molar-refractivity contribution in [3.05, 3.63) is 60.4 Å². The van der Waals surface area contributed by atoms with Crippen molar-refractivity contribution in [2.45, 2.75) is 0 Å². The second-order valence-electron chi connectivity index (χ2n) is 6.10. The standard InChI is InChI=1S/C20H18N6O/c21-13-15-3-1-4-16(11-15)18-12-19(23-17-5-2-6-22-14-17)25-20(24-18)26-7-9-27-10-8-26/h1-6,11-12,14H,7-10H2,(H,23,24,25). The lowest BCUT2D eigenvalue weighted by molar-refractivity contribution is 0.122. The predicted molar refractivity (Wildman–Crippen MR) is 103 cm³/mol. The second kappa shape index (κ2) is 7.81. The fraction of sp³-hybridized carbons (Fsp3) is 0.200. The van der Waals surface area contributed by atoms with Gasteiger partial charge in [0.15, 0.2) is 0 Å². The second-order valence-corrected chi connectivity index (χ2v) is 6.10. The highest BCUT2D eigenvalue weighted by atomic mass is 16.5. The topological polar surface area (TPSA) is 87.0 Å². The van der Waals surface area contributed by atoms with Gasteiger partial charge in [-0.1, -0.05) is 12.1 Å². The first-order chi connectivity index (χ1) is 13.3. The van der Waals surface area contributed by atoms with Gasteiger partial charge in [0.2, 0.25) is 5.95 Å². The smallest absolute Gasteiger partial charge is 0.228 e. The largest absolute Gasteiger partial charge is 0.378 e. The Morgan fingerprint density at radius 1 is 1.07 bits per heavy atom. The number of ether oxygens (including phenoxy) is 1. The van der Waals surface area contributed by atoms with E-state index in [-0.39, 0.29) is 0 Å². The van der Waals surface area contributed by atoms with Crippen LogP contribution in [-0.4, -0.2) is 41.3 Å². The number of pyridine rings is 1. The molecule has 3 aromatic rings. The first-order valence-corrected chi connectivity index (χ1v) is 8.71. The summed E-state index contributed by atoms with van der Waals surface area (Å²) in [5, 5.41) is 12.5. The summed E-state index contributed by atoms with van der Waals surface area (Å²) in [4.78, 5) is 15.6. The van der Waals surface area contributed by atoms with E-state index in [1.165, 1.54) is 0 Å². The Bertz CT molecular complexity index is 964. The SMILES string of the molecule is N#Cc1cccc(-c2cc(Nc3cccnc3)nc(N3CCOCC3)n2)c1. The van der Waals surface area contributed by atoms with E-state index in [2.05, 4.69) is 26.3 Å². The number of aromatic nitrogens is 3. The van der Waals surface area contributed by atoms with Crippen molar-refractivity contribution in [3.8, 4) is 17.3 Å². The zero-order chi connectivity index (χ0) is 18.5. The summed E-state index contributed by atoms with van der Waals surface area (Å²) in [7, 11) is 0. The van der Waals surface area contributed by atoms with E-state index >= 15 is 0 Å². The molecule has 1 N–H and O–H groups in total. The number of benzene rings is 1. The van der Waals surface area contributed by atoms with Crippen LogP contribution in [0.4, 0.5) is 17.5 Å². The number of nitriles is 1. The van der Waals surface area contributed by atoms with E-state index in [1.54, 1.807) is 18.5 Å². The van der Waals surface area contributed by atoms with Crippen LogP contribution in [-0.2, 0) is 4.74 Å². The number of nitrogens with zero attached hydrogens (tertiary/aromatic N) is 5. The van der Waals surface area contributed by atoms with E-state index < -0.39 is 0 Å². The maximum Gasteiger partial charge on any atom is 0.228 e. The highest BCUT2D eigenvalue weighted by Gasteiger charge is 2.16. The minimum atomic E-state index is 0.598. The maximum absolute atomic E-state index is 9.19. The van der Waals surface area contributed by atoms with Crippen LogP contribution in [0.2, 0.25) is 0 Å². The summed E-state index contributed by atoms with van der Waals surface area (Å²) in [6.45, 7) is 2.80. The molecule has 1 aliphatic rings. The summed E-state index contributed by atoms with van der Waals surface area (Å²) in [5.41, 5.74) is 3.08. The van der Waals surface area contributed by atoms with Gasteiger partial charge in [-0.3, -0.25) is 4.98 Å². The maximum atomic E-state index is 9.19. The lowest BCUT2D eigenvalue weighted by Crippen LogP contribution is -2.37. The van der Waals surface area contributed by atoms with Crippen molar-refractivity contribution in [1.29, 1.82) is 5.26 Å². The molecule has 0 aliphatic carbocycles. The molecule has 0 amide bonds. The molecule has 7 heteroatoms. The Morgan fingerprint density at radius 2 is 1.96 bits per heavy atom. The van der Waals surface area contributed by atoms with Crippen LogP contribution < -0.4 is 10.2 Å². The van der Waals surface area contributed by atoms with E-state index in [1.807, 2.05) is 36.4 Å². The highest BCUT2D eigenvalue weighted by molar-refractivity contribution is 5.68. The molecule has 0 spiro atoms. The molecule has 134 valence electrons. The molecule has 1 saturated heterocycles. The van der Waals surface area contributed by atoms with Crippen molar-refractivity contribution in [2.24, 2.45) is 0 Å². The summed E-state index contributed by atoms with van der Waals surface area (Å²) in [5.74, 6) is 1.32. The average molecular weight is 358 g/mol. The minimum absolute atomic E-state index is 0.598. The Kier molecular flexibility index (Phi) is 4.90. The third-order valence-electron chi connectivity index (χ3n) is 4.23. The van der Waals surface area contributed by atoms with Crippen LogP contribution in [0, 0.1) is 11.3 Å². The molecular weight excluding hydrogens is 340 g/mol. The van der Waals surface area contributed by atoms with E-state index in [4.69, 9.17) is 9.72 Å². The lowest BCUT2D eigenvalue weighted by atomic mass is 10.1. The van der Waals surface area contributed by atoms with Crippen LogP contribution >= 0.6 is 0 Å². The summed E-state index contributed by atoms with van der Waals surface area (Å²) >= 11 is 0. The van der Waals surface area contributed by atoms with Gasteiger partial charge in [-0.15, -0.1) is 0 Å². The van der Waals surface area contributed by atoms with Gasteiger partial charge in [0.05, 0.1) is 42.4 Å². The molecule has 1 aromatic carbocycles. The quantitative estimate of drug-likeness (QED) is 0.767. The molecule has 0 bridgehead atoms. The fourth-order valence-electron chi connectivity index (χ4n) is 2.88. The Morgan fingerprint density at radius 3 is 2.74 bits per heavy atom. The van der Waals surface area contributed by atoms with Crippen LogP contribution in [0.3, 0.4) is 0 Å². The number of hydrogen-bond donors (Lipinski definition) is 1. The molecule has 0 unspecified atom stereocenters. The number of hydrogen-bond acceptors (Lipinski definition) is 7. The van der Waals surface area contributed by atoms with Gasteiger partial charge in [-0.2, -0.15) is 10.2 Å². The van der Waals surface area contributed by atoms with E-state index in [9.17, 15) is 5.26 Å². The highest BCUT2D eigenvalue weighted by Crippen LogP contribution is 2.25. The molecule has 0 radical (unpaired) electrons.